The summed E-state index contributed by atoms with van der Waals surface area (Å²) >= 11 is -1.29. The van der Waals surface area contributed by atoms with Crippen LogP contribution in [0.4, 0.5) is 10.5 Å². The van der Waals surface area contributed by atoms with Gasteiger partial charge in [0.15, 0.2) is 4.90 Å². The van der Waals surface area contributed by atoms with Crippen LogP contribution in [0.2, 0.25) is 0 Å². The Morgan fingerprint density at radius 2 is 1.79 bits per heavy atom. The van der Waals surface area contributed by atoms with Crippen LogP contribution in [0.1, 0.15) is 69.3 Å². The summed E-state index contributed by atoms with van der Waals surface area (Å²) in [5.74, 6) is 0.319. The fourth-order valence-corrected chi connectivity index (χ4v) is 5.89. The maximum absolute atomic E-state index is 13.2. The van der Waals surface area contributed by atoms with Gasteiger partial charge >= 0.3 is 6.09 Å². The van der Waals surface area contributed by atoms with Gasteiger partial charge < -0.3 is 14.2 Å². The second kappa shape index (κ2) is 11.8. The number of nitrogens with one attached hydrogen (secondary N) is 1. The SMILES string of the molecule is CCN(CC)C(=O)c1cnn2ccc(C3CCN([S+]([O-])c4ccc(NC(=O)OC(C)(C)C)cc4)CC3)cc12. The number of pyridine rings is 1. The Morgan fingerprint density at radius 1 is 1.13 bits per heavy atom. The third-order valence-electron chi connectivity index (χ3n) is 6.69. The number of nitrogens with zero attached hydrogens (tertiary/aromatic N) is 4. The predicted octanol–water partition coefficient (Wildman–Crippen LogP) is 5.07. The van der Waals surface area contributed by atoms with Crippen LogP contribution in [-0.4, -0.2) is 67.2 Å². The van der Waals surface area contributed by atoms with Crippen molar-refractivity contribution in [2.75, 3.05) is 31.5 Å². The highest BCUT2D eigenvalue weighted by Crippen LogP contribution is 2.32. The minimum Gasteiger partial charge on any atom is -0.593 e. The lowest BCUT2D eigenvalue weighted by Crippen LogP contribution is -2.37. The molecular formula is C28H37N5O4S. The molecule has 9 nitrogen and oxygen atoms in total. The van der Waals surface area contributed by atoms with Crippen LogP contribution in [0, 0.1) is 0 Å². The minimum atomic E-state index is -1.29. The van der Waals surface area contributed by atoms with E-state index in [1.54, 1.807) is 39.9 Å². The lowest BCUT2D eigenvalue weighted by Gasteiger charge is -2.32. The van der Waals surface area contributed by atoms with Crippen LogP contribution in [-0.2, 0) is 16.1 Å². The van der Waals surface area contributed by atoms with Crippen LogP contribution >= 0.6 is 0 Å². The van der Waals surface area contributed by atoms with Crippen molar-refractivity contribution in [3.63, 3.8) is 0 Å². The van der Waals surface area contributed by atoms with Crippen LogP contribution in [0.15, 0.2) is 53.7 Å². The predicted molar refractivity (Wildman–Crippen MR) is 149 cm³/mol. The molecule has 38 heavy (non-hydrogen) atoms. The number of hydrogen-bond donors (Lipinski definition) is 1. The summed E-state index contributed by atoms with van der Waals surface area (Å²) in [6.45, 7) is 12.1. The standard InChI is InChI=1S/C28H37N5O4S/c1-6-31(7-2)26(34)24-19-29-33-17-14-21(18-25(24)33)20-12-15-32(16-13-20)38(36)23-10-8-22(9-11-23)30-27(35)37-28(3,4)5/h8-11,14,17-20H,6-7,12-13,15-16H2,1-5H3,(H,30,35). The number of hydrogen-bond acceptors (Lipinski definition) is 6. The highest BCUT2D eigenvalue weighted by atomic mass is 32.2. The van der Waals surface area contributed by atoms with Gasteiger partial charge in [-0.2, -0.15) is 5.10 Å². The molecule has 0 radical (unpaired) electrons. The first-order valence-electron chi connectivity index (χ1n) is 13.1. The first-order valence-corrected chi connectivity index (χ1v) is 14.2. The van der Waals surface area contributed by atoms with E-state index < -0.39 is 23.1 Å². The van der Waals surface area contributed by atoms with Crippen molar-refractivity contribution in [1.29, 1.82) is 0 Å². The van der Waals surface area contributed by atoms with Crippen LogP contribution in [0.5, 0.6) is 0 Å². The molecule has 2 amide bonds. The van der Waals surface area contributed by atoms with Crippen LogP contribution < -0.4 is 5.32 Å². The largest absolute Gasteiger partial charge is 0.593 e. The minimum absolute atomic E-state index is 0.000297. The van der Waals surface area contributed by atoms with Crippen molar-refractivity contribution in [1.82, 2.24) is 18.8 Å². The van der Waals surface area contributed by atoms with E-state index in [4.69, 9.17) is 4.74 Å². The van der Waals surface area contributed by atoms with E-state index in [-0.39, 0.29) is 5.91 Å². The summed E-state index contributed by atoms with van der Waals surface area (Å²) in [5.41, 5.74) is 2.64. The van der Waals surface area contributed by atoms with Gasteiger partial charge in [-0.1, -0.05) is 0 Å². The second-order valence-electron chi connectivity index (χ2n) is 10.4. The van der Waals surface area contributed by atoms with Crippen molar-refractivity contribution in [3.05, 3.63) is 59.9 Å². The van der Waals surface area contributed by atoms with E-state index in [2.05, 4.69) is 22.5 Å². The lowest BCUT2D eigenvalue weighted by molar-refractivity contribution is 0.0635. The number of fused-ring (bicyclic) bond motifs is 1. The zero-order chi connectivity index (χ0) is 27.4. The average molecular weight is 540 g/mol. The number of benzene rings is 1. The first-order chi connectivity index (χ1) is 18.1. The number of anilines is 1. The van der Waals surface area contributed by atoms with Crippen molar-refractivity contribution < 1.29 is 18.9 Å². The number of carbonyl (C=O) groups excluding carboxylic acids is 2. The Bertz CT molecular complexity index is 1260. The van der Waals surface area contributed by atoms with Gasteiger partial charge in [0.25, 0.3) is 5.91 Å². The fourth-order valence-electron chi connectivity index (χ4n) is 4.68. The molecule has 2 aromatic heterocycles. The summed E-state index contributed by atoms with van der Waals surface area (Å²) in [7, 11) is 0. The zero-order valence-electron chi connectivity index (χ0n) is 22.8. The van der Waals surface area contributed by atoms with Crippen molar-refractivity contribution in [2.24, 2.45) is 0 Å². The van der Waals surface area contributed by atoms with E-state index in [0.717, 1.165) is 18.4 Å². The van der Waals surface area contributed by atoms with Gasteiger partial charge in [-0.3, -0.25) is 10.1 Å². The first kappa shape index (κ1) is 27.9. The van der Waals surface area contributed by atoms with Gasteiger partial charge in [0, 0.05) is 38.1 Å². The topological polar surface area (TPSA) is 102 Å². The van der Waals surface area contributed by atoms with E-state index >= 15 is 0 Å². The average Bonchev–Trinajstić information content (AvgIpc) is 3.31. The zero-order valence-corrected chi connectivity index (χ0v) is 23.6. The summed E-state index contributed by atoms with van der Waals surface area (Å²) in [6.07, 6.45) is 4.79. The number of ether oxygens (including phenoxy) is 1. The van der Waals surface area contributed by atoms with Gasteiger partial charge in [-0.15, -0.1) is 4.31 Å². The third-order valence-corrected chi connectivity index (χ3v) is 8.20. The quantitative estimate of drug-likeness (QED) is 0.421. The number of rotatable bonds is 7. The Labute approximate surface area is 227 Å². The van der Waals surface area contributed by atoms with Crippen molar-refractivity contribution in [2.45, 2.75) is 63.9 Å². The Morgan fingerprint density at radius 3 is 2.39 bits per heavy atom. The molecule has 1 fully saturated rings. The normalized spacial score (nSPS) is 15.8. The summed E-state index contributed by atoms with van der Waals surface area (Å²) in [6, 6.07) is 11.2. The molecule has 1 aliphatic heterocycles. The highest BCUT2D eigenvalue weighted by Gasteiger charge is 2.30. The molecule has 0 bridgehead atoms. The fraction of sp³-hybridized carbons (Fsp3) is 0.464. The van der Waals surface area contributed by atoms with E-state index in [0.29, 0.717) is 48.2 Å². The molecular weight excluding hydrogens is 502 g/mol. The molecule has 3 heterocycles. The smallest absolute Gasteiger partial charge is 0.412 e. The molecule has 1 unspecified atom stereocenters. The second-order valence-corrected chi connectivity index (χ2v) is 11.9. The molecule has 3 aromatic rings. The Kier molecular flexibility index (Phi) is 8.64. The Hall–Kier alpha value is -3.08. The van der Waals surface area contributed by atoms with E-state index in [9.17, 15) is 14.1 Å². The lowest BCUT2D eigenvalue weighted by atomic mass is 9.90. The molecule has 1 aromatic carbocycles. The van der Waals surface area contributed by atoms with Crippen molar-refractivity contribution in [3.8, 4) is 0 Å². The summed E-state index contributed by atoms with van der Waals surface area (Å²) in [5, 5.41) is 7.07. The monoisotopic (exact) mass is 539 g/mol. The van der Waals surface area contributed by atoms with Gasteiger partial charge in [0.2, 0.25) is 0 Å². The van der Waals surface area contributed by atoms with Gasteiger partial charge in [0.05, 0.1) is 28.6 Å². The Balaban J connectivity index is 1.38. The molecule has 10 heteroatoms. The molecule has 0 saturated carbocycles. The number of aromatic nitrogens is 2. The molecule has 4 rings (SSSR count). The number of piperidine rings is 1. The molecule has 1 atom stereocenters. The van der Waals surface area contributed by atoms with Crippen LogP contribution in [0.25, 0.3) is 5.52 Å². The molecule has 0 spiro atoms. The third kappa shape index (κ3) is 6.48. The highest BCUT2D eigenvalue weighted by molar-refractivity contribution is 7.89. The van der Waals surface area contributed by atoms with Gasteiger partial charge in [0.1, 0.15) is 5.60 Å². The summed E-state index contributed by atoms with van der Waals surface area (Å²) in [4.78, 5) is 27.4. The number of amides is 2. The van der Waals surface area contributed by atoms with Crippen LogP contribution in [0.3, 0.4) is 0 Å². The molecule has 204 valence electrons. The van der Waals surface area contributed by atoms with Gasteiger partial charge in [-0.25, -0.2) is 9.31 Å². The molecule has 1 saturated heterocycles. The number of carbonyl (C=O) groups is 2. The van der Waals surface area contributed by atoms with Gasteiger partial charge in [-0.05, 0) is 95.3 Å². The molecule has 1 N–H and O–H groups in total. The molecule has 1 aliphatic rings. The molecule has 0 aliphatic carbocycles. The maximum Gasteiger partial charge on any atom is 0.412 e. The summed E-state index contributed by atoms with van der Waals surface area (Å²) < 4.78 is 22.2. The maximum atomic E-state index is 13.2. The van der Waals surface area contributed by atoms with E-state index in [1.807, 2.05) is 45.1 Å². The van der Waals surface area contributed by atoms with E-state index in [1.165, 1.54) is 5.56 Å². The van der Waals surface area contributed by atoms with Crippen molar-refractivity contribution >= 4 is 34.6 Å².